The number of nitrogens with one attached hydrogen (secondary N) is 1. The molecule has 1 aromatic rings. The molecule has 1 rings (SSSR count). The Morgan fingerprint density at radius 1 is 1.50 bits per heavy atom. The third-order valence-electron chi connectivity index (χ3n) is 3.65. The van der Waals surface area contributed by atoms with Crippen LogP contribution in [0.2, 0.25) is 0 Å². The van der Waals surface area contributed by atoms with Crippen LogP contribution in [0.5, 0.6) is 0 Å². The predicted molar refractivity (Wildman–Crippen MR) is 74.3 cm³/mol. The van der Waals surface area contributed by atoms with Gasteiger partial charge in [-0.15, -0.1) is 0 Å². The summed E-state index contributed by atoms with van der Waals surface area (Å²) in [6.45, 7) is 5.77. The van der Waals surface area contributed by atoms with Gasteiger partial charge < -0.3 is 19.7 Å². The average molecular weight is 282 g/mol. The molecule has 1 unspecified atom stereocenters. The van der Waals surface area contributed by atoms with Gasteiger partial charge in [-0.25, -0.2) is 4.79 Å². The Morgan fingerprint density at radius 3 is 2.60 bits per heavy atom. The van der Waals surface area contributed by atoms with Gasteiger partial charge in [0.2, 0.25) is 0 Å². The van der Waals surface area contributed by atoms with E-state index >= 15 is 0 Å². The maximum absolute atomic E-state index is 12.0. The number of furan rings is 1. The smallest absolute Gasteiger partial charge is 0.317 e. The Hall–Kier alpha value is -1.98. The zero-order valence-electron chi connectivity index (χ0n) is 12.4. The average Bonchev–Trinajstić information content (AvgIpc) is 2.80. The lowest BCUT2D eigenvalue weighted by Crippen LogP contribution is -2.45. The zero-order chi connectivity index (χ0) is 15.3. The lowest BCUT2D eigenvalue weighted by Gasteiger charge is -2.25. The Morgan fingerprint density at radius 2 is 2.15 bits per heavy atom. The molecule has 0 aliphatic carbocycles. The highest BCUT2D eigenvalue weighted by Crippen LogP contribution is 2.20. The topological polar surface area (TPSA) is 82.8 Å². The van der Waals surface area contributed by atoms with Gasteiger partial charge >= 0.3 is 12.0 Å². The molecule has 1 atom stereocenters. The highest BCUT2D eigenvalue weighted by Gasteiger charge is 2.31. The van der Waals surface area contributed by atoms with Crippen LogP contribution >= 0.6 is 0 Å². The van der Waals surface area contributed by atoms with Gasteiger partial charge in [-0.2, -0.15) is 0 Å². The summed E-state index contributed by atoms with van der Waals surface area (Å²) < 4.78 is 5.17. The number of nitrogens with zero attached hydrogens (tertiary/aromatic N) is 1. The van der Waals surface area contributed by atoms with Crippen LogP contribution in [-0.2, 0) is 11.3 Å². The van der Waals surface area contributed by atoms with E-state index in [0.29, 0.717) is 13.0 Å². The molecule has 1 heterocycles. The first-order valence-electron chi connectivity index (χ1n) is 6.55. The van der Waals surface area contributed by atoms with E-state index in [1.54, 1.807) is 27.2 Å². The van der Waals surface area contributed by atoms with E-state index in [1.807, 2.05) is 13.0 Å². The number of hydrogen-bond acceptors (Lipinski definition) is 3. The summed E-state index contributed by atoms with van der Waals surface area (Å²) in [6, 6.07) is 1.51. The molecule has 6 nitrogen and oxygen atoms in total. The van der Waals surface area contributed by atoms with Crippen molar-refractivity contribution >= 4 is 12.0 Å². The second-order valence-electron chi connectivity index (χ2n) is 5.24. The summed E-state index contributed by atoms with van der Waals surface area (Å²) in [6.07, 6.45) is 2.03. The lowest BCUT2D eigenvalue weighted by atomic mass is 9.88. The van der Waals surface area contributed by atoms with E-state index in [-0.39, 0.29) is 12.6 Å². The molecule has 0 aliphatic heterocycles. The number of rotatable bonds is 6. The molecule has 0 saturated heterocycles. The first-order chi connectivity index (χ1) is 9.30. The molecule has 2 N–H and O–H groups in total. The van der Waals surface area contributed by atoms with Gasteiger partial charge in [0.1, 0.15) is 5.76 Å². The highest BCUT2D eigenvalue weighted by atomic mass is 16.4. The van der Waals surface area contributed by atoms with E-state index in [2.05, 4.69) is 5.32 Å². The van der Waals surface area contributed by atoms with Gasteiger partial charge in [0, 0.05) is 19.2 Å². The summed E-state index contributed by atoms with van der Waals surface area (Å²) in [5, 5.41) is 11.8. The normalized spacial score (nSPS) is 13.6. The fraction of sp³-hybridized carbons (Fsp3) is 0.571. The quantitative estimate of drug-likeness (QED) is 0.838. The molecule has 0 bridgehead atoms. The molecular weight excluding hydrogens is 260 g/mol. The highest BCUT2D eigenvalue weighted by molar-refractivity contribution is 5.77. The summed E-state index contributed by atoms with van der Waals surface area (Å²) in [5.74, 6) is -0.137. The van der Waals surface area contributed by atoms with E-state index in [4.69, 9.17) is 9.52 Å². The molecule has 0 spiro atoms. The predicted octanol–water partition coefficient (Wildman–Crippen LogP) is 2.23. The number of carbonyl (C=O) groups excluding carboxylic acids is 1. The van der Waals surface area contributed by atoms with Crippen LogP contribution in [0.15, 0.2) is 16.7 Å². The van der Waals surface area contributed by atoms with Crippen LogP contribution in [-0.4, -0.2) is 35.6 Å². The minimum Gasteiger partial charge on any atom is -0.481 e. The van der Waals surface area contributed by atoms with Gasteiger partial charge in [-0.3, -0.25) is 4.79 Å². The van der Waals surface area contributed by atoms with Crippen molar-refractivity contribution in [1.82, 2.24) is 10.2 Å². The molecule has 0 aliphatic rings. The number of hydrogen-bond donors (Lipinski definition) is 2. The van der Waals surface area contributed by atoms with Crippen molar-refractivity contribution in [2.75, 3.05) is 13.6 Å². The largest absolute Gasteiger partial charge is 0.481 e. The van der Waals surface area contributed by atoms with Crippen molar-refractivity contribution < 1.29 is 19.1 Å². The second kappa shape index (κ2) is 6.45. The maximum Gasteiger partial charge on any atom is 0.317 e. The Labute approximate surface area is 118 Å². The summed E-state index contributed by atoms with van der Waals surface area (Å²) in [4.78, 5) is 24.6. The number of carbonyl (C=O) groups is 2. The molecule has 0 radical (unpaired) electrons. The van der Waals surface area contributed by atoms with Crippen LogP contribution < -0.4 is 5.32 Å². The molecular formula is C14H22N2O4. The van der Waals surface area contributed by atoms with Crippen LogP contribution in [0.3, 0.4) is 0 Å². The van der Waals surface area contributed by atoms with E-state index in [9.17, 15) is 9.59 Å². The Bertz CT molecular complexity index is 483. The van der Waals surface area contributed by atoms with E-state index < -0.39 is 11.4 Å². The van der Waals surface area contributed by atoms with E-state index in [1.165, 1.54) is 4.90 Å². The number of aryl methyl sites for hydroxylation is 1. The molecule has 0 saturated carbocycles. The molecule has 20 heavy (non-hydrogen) atoms. The van der Waals surface area contributed by atoms with Crippen LogP contribution in [0.4, 0.5) is 4.79 Å². The van der Waals surface area contributed by atoms with Crippen molar-refractivity contribution in [2.45, 2.75) is 33.7 Å². The number of aliphatic carboxylic acids is 1. The third-order valence-corrected chi connectivity index (χ3v) is 3.65. The molecule has 2 amide bonds. The van der Waals surface area contributed by atoms with Crippen molar-refractivity contribution in [3.63, 3.8) is 0 Å². The van der Waals surface area contributed by atoms with Crippen molar-refractivity contribution in [1.29, 1.82) is 0 Å². The van der Waals surface area contributed by atoms with Crippen molar-refractivity contribution in [2.24, 2.45) is 5.41 Å². The summed E-state index contributed by atoms with van der Waals surface area (Å²) >= 11 is 0. The van der Waals surface area contributed by atoms with Crippen LogP contribution in [0, 0.1) is 12.3 Å². The SMILES string of the molecule is CCC(C)(CNC(=O)N(C)Cc1ccoc1C)C(=O)O. The van der Waals surface area contributed by atoms with Gasteiger partial charge in [0.25, 0.3) is 0 Å². The molecule has 1 aromatic heterocycles. The first-order valence-corrected chi connectivity index (χ1v) is 6.55. The summed E-state index contributed by atoms with van der Waals surface area (Å²) in [7, 11) is 1.66. The second-order valence-corrected chi connectivity index (χ2v) is 5.24. The lowest BCUT2D eigenvalue weighted by molar-refractivity contribution is -0.147. The zero-order valence-corrected chi connectivity index (χ0v) is 12.4. The van der Waals surface area contributed by atoms with Gasteiger partial charge in [0.05, 0.1) is 18.2 Å². The van der Waals surface area contributed by atoms with Crippen LogP contribution in [0.1, 0.15) is 31.6 Å². The number of carboxylic acids is 1. The van der Waals surface area contributed by atoms with E-state index in [0.717, 1.165) is 11.3 Å². The minimum absolute atomic E-state index is 0.104. The molecule has 112 valence electrons. The fourth-order valence-corrected chi connectivity index (χ4v) is 1.66. The molecule has 0 aromatic carbocycles. The van der Waals surface area contributed by atoms with Crippen molar-refractivity contribution in [3.05, 3.63) is 23.7 Å². The number of urea groups is 1. The Balaban J connectivity index is 2.54. The number of carboxylic acid groups (broad SMARTS) is 1. The van der Waals surface area contributed by atoms with Crippen LogP contribution in [0.25, 0.3) is 0 Å². The maximum atomic E-state index is 12.0. The molecule has 0 fully saturated rings. The monoisotopic (exact) mass is 282 g/mol. The fourth-order valence-electron chi connectivity index (χ4n) is 1.66. The first kappa shape index (κ1) is 16.1. The minimum atomic E-state index is -0.942. The summed E-state index contributed by atoms with van der Waals surface area (Å²) in [5.41, 5.74) is -0.0126. The standard InChI is InChI=1S/C14H22N2O4/c1-5-14(3,12(17)18)9-15-13(19)16(4)8-11-6-7-20-10(11)2/h6-7H,5,8-9H2,1-4H3,(H,15,19)(H,17,18). The van der Waals surface area contributed by atoms with Crippen molar-refractivity contribution in [3.8, 4) is 0 Å². The number of amides is 2. The molecule has 6 heteroatoms. The third kappa shape index (κ3) is 3.76. The van der Waals surface area contributed by atoms with Gasteiger partial charge in [0.15, 0.2) is 0 Å². The Kier molecular flexibility index (Phi) is 5.19. The van der Waals surface area contributed by atoms with Gasteiger partial charge in [-0.1, -0.05) is 6.92 Å². The van der Waals surface area contributed by atoms with Gasteiger partial charge in [-0.05, 0) is 26.3 Å².